The second-order valence-electron chi connectivity index (χ2n) is 5.39. The van der Waals surface area contributed by atoms with Gasteiger partial charge >= 0.3 is 5.97 Å². The number of carboxylic acid groups (broad SMARTS) is 1. The third kappa shape index (κ3) is 2.81. The minimum absolute atomic E-state index is 0.129. The predicted octanol–water partition coefficient (Wildman–Crippen LogP) is 3.41. The molecule has 0 aliphatic heterocycles. The van der Waals surface area contributed by atoms with Crippen LogP contribution in [0.15, 0.2) is 59.0 Å². The van der Waals surface area contributed by atoms with Crippen molar-refractivity contribution in [2.24, 2.45) is 0 Å². The van der Waals surface area contributed by atoms with Crippen LogP contribution in [-0.2, 0) is 0 Å². The van der Waals surface area contributed by atoms with Crippen molar-refractivity contribution in [2.75, 3.05) is 0 Å². The Bertz CT molecular complexity index is 1150. The van der Waals surface area contributed by atoms with Crippen molar-refractivity contribution in [3.63, 3.8) is 0 Å². The average molecular weight is 349 g/mol. The molecule has 4 rings (SSSR count). The van der Waals surface area contributed by atoms with E-state index >= 15 is 0 Å². The highest BCUT2D eigenvalue weighted by atomic mass is 32.1. The molecule has 4 aromatic rings. The van der Waals surface area contributed by atoms with Crippen LogP contribution in [0, 0.1) is 0 Å². The monoisotopic (exact) mass is 349 g/mol. The Labute approximate surface area is 145 Å². The molecular weight excluding hydrogens is 338 g/mol. The largest absolute Gasteiger partial charge is 0.478 e. The zero-order valence-electron chi connectivity index (χ0n) is 12.8. The van der Waals surface area contributed by atoms with Crippen molar-refractivity contribution in [2.45, 2.75) is 0 Å². The van der Waals surface area contributed by atoms with Crippen LogP contribution in [0.2, 0.25) is 0 Å². The van der Waals surface area contributed by atoms with Crippen molar-refractivity contribution in [3.8, 4) is 21.8 Å². The molecule has 0 fully saturated rings. The number of fused-ring (bicyclic) bond motifs is 1. The lowest BCUT2D eigenvalue weighted by Gasteiger charge is -2.02. The van der Waals surface area contributed by atoms with Gasteiger partial charge in [-0.05, 0) is 35.7 Å². The molecule has 0 amide bonds. The zero-order chi connectivity index (χ0) is 17.4. The van der Waals surface area contributed by atoms with E-state index in [0.717, 1.165) is 16.0 Å². The lowest BCUT2D eigenvalue weighted by atomic mass is 10.1. The fraction of sp³-hybridized carbons (Fsp3) is 0. The molecule has 6 nitrogen and oxygen atoms in total. The maximum absolute atomic E-state index is 12.4. The number of aromatic amines is 1. The Balaban J connectivity index is 1.81. The molecule has 0 aliphatic rings. The molecule has 0 saturated heterocycles. The molecule has 0 bridgehead atoms. The number of aromatic nitrogens is 3. The van der Waals surface area contributed by atoms with E-state index in [1.807, 2.05) is 17.5 Å². The molecule has 3 aromatic heterocycles. The third-order valence-corrected chi connectivity index (χ3v) is 4.69. The molecule has 122 valence electrons. The SMILES string of the molecule is O=C(O)c1ccc2cc(-c3csc(-c4ccncc4)n3)c(=O)[nH]c2c1. The summed E-state index contributed by atoms with van der Waals surface area (Å²) >= 11 is 1.45. The number of carboxylic acids is 1. The summed E-state index contributed by atoms with van der Waals surface area (Å²) in [6.07, 6.45) is 3.39. The Kier molecular flexibility index (Phi) is 3.62. The van der Waals surface area contributed by atoms with Crippen LogP contribution < -0.4 is 5.56 Å². The fourth-order valence-electron chi connectivity index (χ4n) is 2.55. The van der Waals surface area contributed by atoms with E-state index < -0.39 is 5.97 Å². The normalized spacial score (nSPS) is 10.9. The summed E-state index contributed by atoms with van der Waals surface area (Å²) in [4.78, 5) is 34.7. The van der Waals surface area contributed by atoms with Gasteiger partial charge in [0.2, 0.25) is 0 Å². The maximum Gasteiger partial charge on any atom is 0.335 e. The van der Waals surface area contributed by atoms with E-state index in [0.29, 0.717) is 16.8 Å². The molecule has 1 aromatic carbocycles. The number of nitrogens with one attached hydrogen (secondary N) is 1. The van der Waals surface area contributed by atoms with Gasteiger partial charge in [0, 0.05) is 28.9 Å². The smallest absolute Gasteiger partial charge is 0.335 e. The van der Waals surface area contributed by atoms with Crippen molar-refractivity contribution in [1.82, 2.24) is 15.0 Å². The first kappa shape index (κ1) is 15.2. The molecule has 25 heavy (non-hydrogen) atoms. The van der Waals surface area contributed by atoms with Crippen molar-refractivity contribution < 1.29 is 9.90 Å². The molecule has 0 aliphatic carbocycles. The number of thiazole rings is 1. The van der Waals surface area contributed by atoms with Gasteiger partial charge in [0.05, 0.1) is 16.8 Å². The van der Waals surface area contributed by atoms with Crippen LogP contribution in [0.4, 0.5) is 0 Å². The topological polar surface area (TPSA) is 95.9 Å². The highest BCUT2D eigenvalue weighted by Gasteiger charge is 2.12. The van der Waals surface area contributed by atoms with Gasteiger partial charge in [0.1, 0.15) is 5.01 Å². The number of rotatable bonds is 3. The predicted molar refractivity (Wildman–Crippen MR) is 95.9 cm³/mol. The highest BCUT2D eigenvalue weighted by Crippen LogP contribution is 2.28. The van der Waals surface area contributed by atoms with Crippen LogP contribution in [0.3, 0.4) is 0 Å². The fourth-order valence-corrected chi connectivity index (χ4v) is 3.38. The average Bonchev–Trinajstić information content (AvgIpc) is 3.11. The van der Waals surface area contributed by atoms with Crippen LogP contribution in [-0.4, -0.2) is 26.0 Å². The molecular formula is C18H11N3O3S. The van der Waals surface area contributed by atoms with Crippen molar-refractivity contribution >= 4 is 28.2 Å². The molecule has 0 saturated carbocycles. The number of carbonyl (C=O) groups is 1. The van der Waals surface area contributed by atoms with Gasteiger partial charge < -0.3 is 10.1 Å². The van der Waals surface area contributed by atoms with E-state index in [9.17, 15) is 9.59 Å². The summed E-state index contributed by atoms with van der Waals surface area (Å²) < 4.78 is 0. The van der Waals surface area contributed by atoms with Gasteiger partial charge in [-0.3, -0.25) is 9.78 Å². The minimum atomic E-state index is -1.03. The van der Waals surface area contributed by atoms with Crippen LogP contribution >= 0.6 is 11.3 Å². The Morgan fingerprint density at radius 2 is 1.92 bits per heavy atom. The minimum Gasteiger partial charge on any atom is -0.478 e. The van der Waals surface area contributed by atoms with Gasteiger partial charge in [-0.15, -0.1) is 11.3 Å². The van der Waals surface area contributed by atoms with E-state index in [4.69, 9.17) is 5.11 Å². The van der Waals surface area contributed by atoms with Crippen LogP contribution in [0.1, 0.15) is 10.4 Å². The summed E-state index contributed by atoms with van der Waals surface area (Å²) in [7, 11) is 0. The number of benzene rings is 1. The second kappa shape index (κ2) is 5.95. The summed E-state index contributed by atoms with van der Waals surface area (Å²) in [6.45, 7) is 0. The summed E-state index contributed by atoms with van der Waals surface area (Å²) in [6, 6.07) is 10.1. The molecule has 2 N–H and O–H groups in total. The second-order valence-corrected chi connectivity index (χ2v) is 6.25. The van der Waals surface area contributed by atoms with E-state index in [2.05, 4.69) is 15.0 Å². The van der Waals surface area contributed by atoms with Gasteiger partial charge in [-0.1, -0.05) is 6.07 Å². The first-order valence-corrected chi connectivity index (χ1v) is 8.26. The van der Waals surface area contributed by atoms with E-state index in [1.54, 1.807) is 24.5 Å². The third-order valence-electron chi connectivity index (χ3n) is 3.80. The molecule has 0 radical (unpaired) electrons. The summed E-state index contributed by atoms with van der Waals surface area (Å²) in [5.41, 5.74) is 2.29. The number of hydrogen-bond acceptors (Lipinski definition) is 5. The molecule has 0 unspecified atom stereocenters. The number of aromatic carboxylic acids is 1. The first-order valence-electron chi connectivity index (χ1n) is 7.38. The van der Waals surface area contributed by atoms with Gasteiger partial charge in [0.25, 0.3) is 5.56 Å². The zero-order valence-corrected chi connectivity index (χ0v) is 13.6. The summed E-state index contributed by atoms with van der Waals surface area (Å²) in [5.74, 6) is -1.03. The molecule has 7 heteroatoms. The highest BCUT2D eigenvalue weighted by molar-refractivity contribution is 7.13. The van der Waals surface area contributed by atoms with Crippen LogP contribution in [0.25, 0.3) is 32.7 Å². The summed E-state index contributed by atoms with van der Waals surface area (Å²) in [5, 5.41) is 12.4. The quantitative estimate of drug-likeness (QED) is 0.591. The number of pyridine rings is 2. The van der Waals surface area contributed by atoms with Crippen molar-refractivity contribution in [1.29, 1.82) is 0 Å². The number of hydrogen-bond donors (Lipinski definition) is 2. The Hall–Kier alpha value is -3.32. The number of H-pyrrole nitrogens is 1. The Morgan fingerprint density at radius 1 is 1.12 bits per heavy atom. The molecule has 0 atom stereocenters. The molecule has 0 spiro atoms. The first-order chi connectivity index (χ1) is 12.1. The van der Waals surface area contributed by atoms with E-state index in [1.165, 1.54) is 23.5 Å². The van der Waals surface area contributed by atoms with Gasteiger partial charge in [-0.2, -0.15) is 0 Å². The lowest BCUT2D eigenvalue weighted by molar-refractivity contribution is 0.0697. The van der Waals surface area contributed by atoms with E-state index in [-0.39, 0.29) is 11.1 Å². The maximum atomic E-state index is 12.4. The van der Waals surface area contributed by atoms with Crippen LogP contribution in [0.5, 0.6) is 0 Å². The Morgan fingerprint density at radius 3 is 2.68 bits per heavy atom. The standard InChI is InChI=1S/C18H11N3O3S/c22-16-13(7-11-1-2-12(18(23)24)8-14(11)20-16)15-9-25-17(21-15)10-3-5-19-6-4-10/h1-9H,(H,20,22)(H,23,24). The lowest BCUT2D eigenvalue weighted by Crippen LogP contribution is -2.09. The number of nitrogens with zero attached hydrogens (tertiary/aromatic N) is 2. The molecule has 3 heterocycles. The van der Waals surface area contributed by atoms with Gasteiger partial charge in [0.15, 0.2) is 0 Å². The van der Waals surface area contributed by atoms with Crippen molar-refractivity contribution in [3.05, 3.63) is 70.1 Å². The van der Waals surface area contributed by atoms with Gasteiger partial charge in [-0.25, -0.2) is 9.78 Å².